The average molecular weight is 269 g/mol. The van der Waals surface area contributed by atoms with Crippen LogP contribution in [0.4, 0.5) is 5.69 Å². The normalized spacial score (nSPS) is 17.2. The molecule has 3 rings (SSSR count). The van der Waals surface area contributed by atoms with Gasteiger partial charge in [-0.25, -0.2) is 4.98 Å². The lowest BCUT2D eigenvalue weighted by atomic mass is 9.99. The molecule has 1 aromatic heterocycles. The van der Waals surface area contributed by atoms with E-state index in [0.29, 0.717) is 6.04 Å². The first-order valence-electron chi connectivity index (χ1n) is 7.62. The van der Waals surface area contributed by atoms with Gasteiger partial charge in [-0.2, -0.15) is 0 Å². The topological polar surface area (TPSA) is 29.9 Å². The van der Waals surface area contributed by atoms with E-state index in [1.807, 2.05) is 18.7 Å². The zero-order valence-electron chi connectivity index (χ0n) is 12.1. The van der Waals surface area contributed by atoms with Crippen molar-refractivity contribution in [3.8, 4) is 0 Å². The standard InChI is InChI=1S/C17H23N3/c1-14(16-6-2-3-7-16)19-17-8-4-5-15(11-17)12-20-10-9-18-13-20/h4-5,8-11,13-14,16,19H,2-3,6-7,12H2,1H3. The van der Waals surface area contributed by atoms with E-state index in [0.717, 1.165) is 12.5 Å². The maximum atomic E-state index is 4.09. The summed E-state index contributed by atoms with van der Waals surface area (Å²) >= 11 is 0. The third-order valence-electron chi connectivity index (χ3n) is 4.35. The fraction of sp³-hybridized carbons (Fsp3) is 0.471. The van der Waals surface area contributed by atoms with Crippen LogP contribution in [0.1, 0.15) is 38.2 Å². The molecular formula is C17H23N3. The lowest BCUT2D eigenvalue weighted by Gasteiger charge is -2.22. The molecule has 0 spiro atoms. The summed E-state index contributed by atoms with van der Waals surface area (Å²) in [5.74, 6) is 0.840. The van der Waals surface area contributed by atoms with Gasteiger partial charge in [0.1, 0.15) is 0 Å². The fourth-order valence-electron chi connectivity index (χ4n) is 3.19. The smallest absolute Gasteiger partial charge is 0.0949 e. The van der Waals surface area contributed by atoms with Crippen molar-refractivity contribution >= 4 is 5.69 Å². The van der Waals surface area contributed by atoms with Crippen LogP contribution in [-0.4, -0.2) is 15.6 Å². The predicted octanol–water partition coefficient (Wildman–Crippen LogP) is 3.92. The van der Waals surface area contributed by atoms with Crippen molar-refractivity contribution in [1.82, 2.24) is 9.55 Å². The molecule has 1 heterocycles. The van der Waals surface area contributed by atoms with Crippen molar-refractivity contribution < 1.29 is 0 Å². The zero-order chi connectivity index (χ0) is 13.8. The molecule has 1 aromatic carbocycles. The van der Waals surface area contributed by atoms with E-state index in [4.69, 9.17) is 0 Å². The molecule has 0 amide bonds. The predicted molar refractivity (Wildman–Crippen MR) is 82.8 cm³/mol. The molecule has 2 aromatic rings. The number of benzene rings is 1. The Labute approximate surface area is 121 Å². The fourth-order valence-corrected chi connectivity index (χ4v) is 3.19. The summed E-state index contributed by atoms with van der Waals surface area (Å²) in [6, 6.07) is 9.30. The molecule has 0 saturated heterocycles. The minimum Gasteiger partial charge on any atom is -0.382 e. The first-order valence-corrected chi connectivity index (χ1v) is 7.62. The first kappa shape index (κ1) is 13.2. The quantitative estimate of drug-likeness (QED) is 0.891. The van der Waals surface area contributed by atoms with E-state index in [-0.39, 0.29) is 0 Å². The Morgan fingerprint density at radius 3 is 2.95 bits per heavy atom. The number of nitrogens with one attached hydrogen (secondary N) is 1. The van der Waals surface area contributed by atoms with Crippen molar-refractivity contribution in [2.24, 2.45) is 5.92 Å². The van der Waals surface area contributed by atoms with Crippen LogP contribution in [0.3, 0.4) is 0 Å². The number of nitrogens with zero attached hydrogens (tertiary/aromatic N) is 2. The Morgan fingerprint density at radius 1 is 1.35 bits per heavy atom. The third kappa shape index (κ3) is 3.21. The molecule has 1 atom stereocenters. The molecule has 1 aliphatic rings. The molecule has 3 nitrogen and oxygen atoms in total. The highest BCUT2D eigenvalue weighted by atomic mass is 15.0. The van der Waals surface area contributed by atoms with Crippen molar-refractivity contribution in [2.75, 3.05) is 5.32 Å². The van der Waals surface area contributed by atoms with Crippen LogP contribution in [0.2, 0.25) is 0 Å². The molecule has 1 N–H and O–H groups in total. The van der Waals surface area contributed by atoms with E-state index in [1.165, 1.54) is 36.9 Å². The van der Waals surface area contributed by atoms with Crippen molar-refractivity contribution in [3.63, 3.8) is 0 Å². The number of hydrogen-bond donors (Lipinski definition) is 1. The van der Waals surface area contributed by atoms with Crippen LogP contribution in [0, 0.1) is 5.92 Å². The van der Waals surface area contributed by atoms with Gasteiger partial charge in [-0.15, -0.1) is 0 Å². The molecule has 0 radical (unpaired) electrons. The Balaban J connectivity index is 1.64. The maximum absolute atomic E-state index is 4.09. The molecule has 1 unspecified atom stereocenters. The summed E-state index contributed by atoms with van der Waals surface area (Å²) in [6.45, 7) is 3.20. The van der Waals surface area contributed by atoms with Gasteiger partial charge in [0.2, 0.25) is 0 Å². The monoisotopic (exact) mass is 269 g/mol. The highest BCUT2D eigenvalue weighted by molar-refractivity contribution is 5.46. The number of hydrogen-bond acceptors (Lipinski definition) is 2. The van der Waals surface area contributed by atoms with E-state index in [9.17, 15) is 0 Å². The van der Waals surface area contributed by atoms with Crippen LogP contribution in [0.25, 0.3) is 0 Å². The van der Waals surface area contributed by atoms with Gasteiger partial charge in [-0.3, -0.25) is 0 Å². The molecule has 0 bridgehead atoms. The summed E-state index contributed by atoms with van der Waals surface area (Å²) in [5.41, 5.74) is 2.55. The summed E-state index contributed by atoms with van der Waals surface area (Å²) < 4.78 is 2.10. The molecular weight excluding hydrogens is 246 g/mol. The second-order valence-electron chi connectivity index (χ2n) is 5.91. The van der Waals surface area contributed by atoms with Gasteiger partial charge in [0, 0.05) is 30.7 Å². The Bertz CT molecular complexity index is 527. The van der Waals surface area contributed by atoms with Crippen LogP contribution in [-0.2, 0) is 6.54 Å². The molecule has 1 saturated carbocycles. The van der Waals surface area contributed by atoms with Gasteiger partial charge in [-0.1, -0.05) is 25.0 Å². The van der Waals surface area contributed by atoms with Gasteiger partial charge in [0.05, 0.1) is 6.33 Å². The zero-order valence-corrected chi connectivity index (χ0v) is 12.1. The lowest BCUT2D eigenvalue weighted by molar-refractivity contribution is 0.482. The highest BCUT2D eigenvalue weighted by Crippen LogP contribution is 2.29. The maximum Gasteiger partial charge on any atom is 0.0949 e. The SMILES string of the molecule is CC(Nc1cccc(Cn2ccnc2)c1)C1CCCC1. The van der Waals surface area contributed by atoms with E-state index in [2.05, 4.69) is 46.1 Å². The molecule has 106 valence electrons. The van der Waals surface area contributed by atoms with Crippen molar-refractivity contribution in [1.29, 1.82) is 0 Å². The second-order valence-corrected chi connectivity index (χ2v) is 5.91. The van der Waals surface area contributed by atoms with Crippen LogP contribution < -0.4 is 5.32 Å². The van der Waals surface area contributed by atoms with Crippen LogP contribution >= 0.6 is 0 Å². The summed E-state index contributed by atoms with van der Waals surface area (Å²) in [5, 5.41) is 3.68. The van der Waals surface area contributed by atoms with E-state index >= 15 is 0 Å². The number of rotatable bonds is 5. The molecule has 3 heteroatoms. The molecule has 20 heavy (non-hydrogen) atoms. The summed E-state index contributed by atoms with van der Waals surface area (Å²) in [4.78, 5) is 4.09. The van der Waals surface area contributed by atoms with Crippen LogP contribution in [0.5, 0.6) is 0 Å². The first-order chi connectivity index (χ1) is 9.81. The minimum atomic E-state index is 0.570. The van der Waals surface area contributed by atoms with Crippen molar-refractivity contribution in [2.45, 2.75) is 45.2 Å². The molecule has 1 aliphatic carbocycles. The largest absolute Gasteiger partial charge is 0.382 e. The van der Waals surface area contributed by atoms with Gasteiger partial charge in [0.15, 0.2) is 0 Å². The van der Waals surface area contributed by atoms with Gasteiger partial charge in [-0.05, 0) is 43.4 Å². The second kappa shape index (κ2) is 6.12. The van der Waals surface area contributed by atoms with E-state index in [1.54, 1.807) is 0 Å². The number of anilines is 1. The van der Waals surface area contributed by atoms with Gasteiger partial charge in [0.25, 0.3) is 0 Å². The van der Waals surface area contributed by atoms with Gasteiger partial charge < -0.3 is 9.88 Å². The average Bonchev–Trinajstić information content (AvgIpc) is 3.12. The lowest BCUT2D eigenvalue weighted by Crippen LogP contribution is -2.23. The number of aromatic nitrogens is 2. The Kier molecular flexibility index (Phi) is 4.05. The molecule has 1 fully saturated rings. The third-order valence-corrected chi connectivity index (χ3v) is 4.35. The Morgan fingerprint density at radius 2 is 2.20 bits per heavy atom. The van der Waals surface area contributed by atoms with Crippen LogP contribution in [0.15, 0.2) is 43.0 Å². The number of imidazole rings is 1. The van der Waals surface area contributed by atoms with Gasteiger partial charge >= 0.3 is 0 Å². The summed E-state index contributed by atoms with van der Waals surface area (Å²) in [7, 11) is 0. The summed E-state index contributed by atoms with van der Waals surface area (Å²) in [6.07, 6.45) is 11.2. The Hall–Kier alpha value is -1.77. The molecule has 0 aliphatic heterocycles. The van der Waals surface area contributed by atoms with Crippen molar-refractivity contribution in [3.05, 3.63) is 48.5 Å². The minimum absolute atomic E-state index is 0.570. The highest BCUT2D eigenvalue weighted by Gasteiger charge is 2.21. The van der Waals surface area contributed by atoms with E-state index < -0.39 is 0 Å².